The SMILES string of the molecule is CN(Cc1nc(C2CCN(S(C)(=O)=O)CC2)no1)C(=O)CC1CCCCC1. The van der Waals surface area contributed by atoms with Crippen molar-refractivity contribution in [2.75, 3.05) is 26.4 Å². The fourth-order valence-corrected chi connectivity index (χ4v) is 4.90. The summed E-state index contributed by atoms with van der Waals surface area (Å²) in [6.45, 7) is 1.28. The maximum Gasteiger partial charge on any atom is 0.246 e. The summed E-state index contributed by atoms with van der Waals surface area (Å²) in [7, 11) is -1.36. The predicted octanol–water partition coefficient (Wildman–Crippen LogP) is 2.14. The van der Waals surface area contributed by atoms with Gasteiger partial charge in [-0.2, -0.15) is 4.98 Å². The monoisotopic (exact) mass is 398 g/mol. The second-order valence-corrected chi connectivity index (χ2v) is 9.92. The molecule has 0 atom stereocenters. The maximum absolute atomic E-state index is 12.4. The quantitative estimate of drug-likeness (QED) is 0.728. The van der Waals surface area contributed by atoms with Gasteiger partial charge in [-0.25, -0.2) is 12.7 Å². The van der Waals surface area contributed by atoms with Crippen LogP contribution >= 0.6 is 0 Å². The first-order valence-electron chi connectivity index (χ1n) is 9.84. The molecule has 1 aromatic heterocycles. The van der Waals surface area contributed by atoms with Crippen LogP contribution in [-0.2, 0) is 21.4 Å². The van der Waals surface area contributed by atoms with E-state index in [1.165, 1.54) is 29.8 Å². The Hall–Kier alpha value is -1.48. The highest BCUT2D eigenvalue weighted by Gasteiger charge is 2.29. The highest BCUT2D eigenvalue weighted by molar-refractivity contribution is 7.88. The van der Waals surface area contributed by atoms with E-state index in [0.717, 1.165) is 12.8 Å². The number of carbonyl (C=O) groups excluding carboxylic acids is 1. The van der Waals surface area contributed by atoms with E-state index in [9.17, 15) is 13.2 Å². The molecule has 2 aliphatic rings. The number of carbonyl (C=O) groups is 1. The Morgan fingerprint density at radius 2 is 1.85 bits per heavy atom. The average molecular weight is 399 g/mol. The highest BCUT2D eigenvalue weighted by Crippen LogP contribution is 2.28. The van der Waals surface area contributed by atoms with Gasteiger partial charge in [0.2, 0.25) is 21.8 Å². The third-order valence-electron chi connectivity index (χ3n) is 5.76. The second kappa shape index (κ2) is 8.68. The summed E-state index contributed by atoms with van der Waals surface area (Å²) in [5.74, 6) is 1.79. The molecule has 2 fully saturated rings. The maximum atomic E-state index is 12.4. The highest BCUT2D eigenvalue weighted by atomic mass is 32.2. The van der Waals surface area contributed by atoms with Crippen molar-refractivity contribution in [2.24, 2.45) is 5.92 Å². The van der Waals surface area contributed by atoms with Gasteiger partial charge in [0.15, 0.2) is 5.82 Å². The summed E-state index contributed by atoms with van der Waals surface area (Å²) in [6, 6.07) is 0. The molecule has 1 aliphatic heterocycles. The Kier molecular flexibility index (Phi) is 6.52. The number of hydrogen-bond donors (Lipinski definition) is 0. The first kappa shape index (κ1) is 20.3. The Bertz CT molecular complexity index is 734. The zero-order valence-electron chi connectivity index (χ0n) is 16.3. The lowest BCUT2D eigenvalue weighted by molar-refractivity contribution is -0.132. The van der Waals surface area contributed by atoms with Gasteiger partial charge in [0.1, 0.15) is 0 Å². The molecule has 8 nitrogen and oxygen atoms in total. The third kappa shape index (κ3) is 5.51. The van der Waals surface area contributed by atoms with Crippen LogP contribution in [0.25, 0.3) is 0 Å². The number of hydrogen-bond acceptors (Lipinski definition) is 6. The smallest absolute Gasteiger partial charge is 0.246 e. The number of piperidine rings is 1. The molecule has 0 unspecified atom stereocenters. The first-order valence-corrected chi connectivity index (χ1v) is 11.7. The van der Waals surface area contributed by atoms with E-state index in [2.05, 4.69) is 10.1 Å². The molecule has 0 spiro atoms. The minimum Gasteiger partial charge on any atom is -0.337 e. The van der Waals surface area contributed by atoms with Crippen LogP contribution in [0.2, 0.25) is 0 Å². The molecule has 3 rings (SSSR count). The zero-order valence-corrected chi connectivity index (χ0v) is 17.1. The van der Waals surface area contributed by atoms with Gasteiger partial charge < -0.3 is 9.42 Å². The van der Waals surface area contributed by atoms with E-state index in [1.807, 2.05) is 0 Å². The Balaban J connectivity index is 1.49. The molecule has 1 aliphatic carbocycles. The Morgan fingerprint density at radius 3 is 2.48 bits per heavy atom. The van der Waals surface area contributed by atoms with Crippen LogP contribution in [0.15, 0.2) is 4.52 Å². The van der Waals surface area contributed by atoms with Crippen molar-refractivity contribution < 1.29 is 17.7 Å². The molecule has 2 heterocycles. The van der Waals surface area contributed by atoms with E-state index in [0.29, 0.717) is 56.5 Å². The summed E-state index contributed by atoms with van der Waals surface area (Å²) in [5.41, 5.74) is 0. The molecular formula is C18H30N4O4S. The van der Waals surface area contributed by atoms with Gasteiger partial charge in [0, 0.05) is 32.5 Å². The number of sulfonamides is 1. The van der Waals surface area contributed by atoms with Crippen molar-refractivity contribution in [3.8, 4) is 0 Å². The molecule has 1 saturated heterocycles. The van der Waals surface area contributed by atoms with Crippen LogP contribution in [0.5, 0.6) is 0 Å². The summed E-state index contributed by atoms with van der Waals surface area (Å²) in [4.78, 5) is 18.5. The van der Waals surface area contributed by atoms with E-state index >= 15 is 0 Å². The second-order valence-electron chi connectivity index (χ2n) is 7.94. The predicted molar refractivity (Wildman–Crippen MR) is 100 cm³/mol. The molecule has 152 valence electrons. The van der Waals surface area contributed by atoms with Crippen LogP contribution in [-0.4, -0.2) is 60.1 Å². The lowest BCUT2D eigenvalue weighted by atomic mass is 9.87. The standard InChI is InChI=1S/C18H30N4O4S/c1-21(17(23)12-14-6-4-3-5-7-14)13-16-19-18(20-26-16)15-8-10-22(11-9-15)27(2,24)25/h14-15H,3-13H2,1-2H3. The molecule has 0 radical (unpaired) electrons. The number of aromatic nitrogens is 2. The number of rotatable bonds is 6. The fourth-order valence-electron chi connectivity index (χ4n) is 4.03. The molecule has 27 heavy (non-hydrogen) atoms. The van der Waals surface area contributed by atoms with Gasteiger partial charge in [-0.15, -0.1) is 0 Å². The summed E-state index contributed by atoms with van der Waals surface area (Å²) in [6.07, 6.45) is 9.24. The minimum absolute atomic E-state index is 0.101. The topological polar surface area (TPSA) is 96.6 Å². The molecule has 0 aromatic carbocycles. The number of amides is 1. The van der Waals surface area contributed by atoms with Gasteiger partial charge in [0.25, 0.3) is 0 Å². The van der Waals surface area contributed by atoms with Crippen molar-refractivity contribution in [2.45, 2.75) is 63.8 Å². The zero-order chi connectivity index (χ0) is 19.4. The molecule has 1 aromatic rings. The van der Waals surface area contributed by atoms with Crippen LogP contribution in [0.3, 0.4) is 0 Å². The third-order valence-corrected chi connectivity index (χ3v) is 7.06. The first-order chi connectivity index (χ1) is 12.8. The van der Waals surface area contributed by atoms with Crippen molar-refractivity contribution in [1.29, 1.82) is 0 Å². The van der Waals surface area contributed by atoms with E-state index in [4.69, 9.17) is 4.52 Å². The molecule has 1 amide bonds. The van der Waals surface area contributed by atoms with Gasteiger partial charge >= 0.3 is 0 Å². The Morgan fingerprint density at radius 1 is 1.19 bits per heavy atom. The van der Waals surface area contributed by atoms with Crippen LogP contribution in [0.4, 0.5) is 0 Å². The Labute approximate surface area is 161 Å². The van der Waals surface area contributed by atoms with E-state index in [1.54, 1.807) is 11.9 Å². The van der Waals surface area contributed by atoms with E-state index < -0.39 is 10.0 Å². The molecular weight excluding hydrogens is 368 g/mol. The van der Waals surface area contributed by atoms with Crippen molar-refractivity contribution in [1.82, 2.24) is 19.3 Å². The van der Waals surface area contributed by atoms with Crippen LogP contribution in [0.1, 0.15) is 69.0 Å². The van der Waals surface area contributed by atoms with Crippen molar-refractivity contribution >= 4 is 15.9 Å². The summed E-state index contributed by atoms with van der Waals surface area (Å²) in [5, 5.41) is 4.06. The van der Waals surface area contributed by atoms with Crippen LogP contribution in [0, 0.1) is 5.92 Å². The summed E-state index contributed by atoms with van der Waals surface area (Å²) < 4.78 is 30.0. The number of nitrogens with zero attached hydrogens (tertiary/aromatic N) is 4. The molecule has 9 heteroatoms. The molecule has 0 N–H and O–H groups in total. The van der Waals surface area contributed by atoms with Gasteiger partial charge in [-0.3, -0.25) is 4.79 Å². The van der Waals surface area contributed by atoms with E-state index in [-0.39, 0.29) is 11.8 Å². The lowest BCUT2D eigenvalue weighted by Crippen LogP contribution is -2.37. The molecule has 0 bridgehead atoms. The van der Waals surface area contributed by atoms with Gasteiger partial charge in [-0.1, -0.05) is 24.4 Å². The largest absolute Gasteiger partial charge is 0.337 e. The summed E-state index contributed by atoms with van der Waals surface area (Å²) >= 11 is 0. The van der Waals surface area contributed by atoms with Crippen molar-refractivity contribution in [3.63, 3.8) is 0 Å². The van der Waals surface area contributed by atoms with Gasteiger partial charge in [-0.05, 0) is 31.6 Å². The molecule has 1 saturated carbocycles. The normalized spacial score (nSPS) is 20.7. The fraction of sp³-hybridized carbons (Fsp3) is 0.833. The van der Waals surface area contributed by atoms with Crippen molar-refractivity contribution in [3.05, 3.63) is 11.7 Å². The van der Waals surface area contributed by atoms with Crippen LogP contribution < -0.4 is 0 Å². The average Bonchev–Trinajstić information content (AvgIpc) is 3.10. The van der Waals surface area contributed by atoms with Gasteiger partial charge in [0.05, 0.1) is 12.8 Å². The lowest BCUT2D eigenvalue weighted by Gasteiger charge is -2.28. The minimum atomic E-state index is -3.14.